The van der Waals surface area contributed by atoms with Gasteiger partial charge >= 0.3 is 0 Å². The Hall–Kier alpha value is -2.48. The summed E-state index contributed by atoms with van der Waals surface area (Å²) < 4.78 is 12.6. The molecule has 8 heteroatoms. The van der Waals surface area contributed by atoms with Crippen LogP contribution in [0.5, 0.6) is 0 Å². The quantitative estimate of drug-likeness (QED) is 0.770. The van der Waals surface area contributed by atoms with Crippen molar-refractivity contribution in [2.24, 2.45) is 0 Å². The van der Waals surface area contributed by atoms with Gasteiger partial charge in [-0.1, -0.05) is 19.0 Å². The summed E-state index contributed by atoms with van der Waals surface area (Å²) in [5, 5.41) is 11.7. The molecule has 0 amide bonds. The number of ether oxygens (including phenoxy) is 1. The first-order valence-corrected chi connectivity index (χ1v) is 8.23. The van der Waals surface area contributed by atoms with Crippen molar-refractivity contribution in [3.63, 3.8) is 0 Å². The number of hydrogen-bond acceptors (Lipinski definition) is 7. The molecule has 0 aliphatic carbocycles. The Labute approximate surface area is 139 Å². The maximum atomic E-state index is 5.57. The van der Waals surface area contributed by atoms with Crippen LogP contribution in [0.1, 0.15) is 56.1 Å². The lowest BCUT2D eigenvalue weighted by Crippen LogP contribution is -2.09. The van der Waals surface area contributed by atoms with Crippen molar-refractivity contribution in [2.45, 2.75) is 45.3 Å². The largest absolute Gasteiger partial charge is 0.368 e. The second-order valence-electron chi connectivity index (χ2n) is 6.23. The molecule has 1 aliphatic heterocycles. The summed E-state index contributed by atoms with van der Waals surface area (Å²) in [6.07, 6.45) is 3.65. The van der Waals surface area contributed by atoms with Gasteiger partial charge in [-0.25, -0.2) is 4.98 Å². The first kappa shape index (κ1) is 15.1. The Morgan fingerprint density at radius 2 is 2.29 bits per heavy atom. The van der Waals surface area contributed by atoms with Crippen molar-refractivity contribution in [3.8, 4) is 0 Å². The molecule has 1 saturated heterocycles. The van der Waals surface area contributed by atoms with Crippen LogP contribution in [-0.2, 0) is 11.3 Å². The molecular weight excluding hydrogens is 308 g/mol. The molecule has 0 spiro atoms. The van der Waals surface area contributed by atoms with E-state index in [0.29, 0.717) is 24.2 Å². The summed E-state index contributed by atoms with van der Waals surface area (Å²) >= 11 is 0. The van der Waals surface area contributed by atoms with E-state index in [2.05, 4.69) is 39.4 Å². The van der Waals surface area contributed by atoms with Gasteiger partial charge in [-0.2, -0.15) is 14.6 Å². The predicted octanol–water partition coefficient (Wildman–Crippen LogP) is 2.70. The monoisotopic (exact) mass is 328 g/mol. The van der Waals surface area contributed by atoms with Crippen LogP contribution in [0, 0.1) is 0 Å². The SMILES string of the molecule is CC(C)c1cc(NCc2noc(C3CCCO3)n2)n2nccc2n1. The van der Waals surface area contributed by atoms with Crippen molar-refractivity contribution in [3.05, 3.63) is 35.7 Å². The lowest BCUT2D eigenvalue weighted by Gasteiger charge is -2.10. The molecule has 126 valence electrons. The molecular formula is C16H20N6O2. The van der Waals surface area contributed by atoms with Gasteiger partial charge in [0.05, 0.1) is 12.7 Å². The van der Waals surface area contributed by atoms with Crippen molar-refractivity contribution < 1.29 is 9.26 Å². The third-order valence-electron chi connectivity index (χ3n) is 4.09. The van der Waals surface area contributed by atoms with E-state index in [0.717, 1.165) is 36.6 Å². The summed E-state index contributed by atoms with van der Waals surface area (Å²) in [5.74, 6) is 2.36. The van der Waals surface area contributed by atoms with E-state index < -0.39 is 0 Å². The molecule has 1 fully saturated rings. The summed E-state index contributed by atoms with van der Waals surface area (Å²) in [4.78, 5) is 9.02. The summed E-state index contributed by atoms with van der Waals surface area (Å²) in [6.45, 7) is 5.44. The van der Waals surface area contributed by atoms with Crippen LogP contribution in [0.3, 0.4) is 0 Å². The lowest BCUT2D eigenvalue weighted by molar-refractivity contribution is 0.0835. The number of rotatable bonds is 5. The normalized spacial score (nSPS) is 17.9. The molecule has 0 bridgehead atoms. The van der Waals surface area contributed by atoms with Crippen molar-refractivity contribution in [2.75, 3.05) is 11.9 Å². The van der Waals surface area contributed by atoms with Gasteiger partial charge in [-0.05, 0) is 18.8 Å². The zero-order chi connectivity index (χ0) is 16.5. The molecule has 4 rings (SSSR count). The molecule has 0 saturated carbocycles. The van der Waals surface area contributed by atoms with Gasteiger partial charge in [0.2, 0.25) is 0 Å². The second-order valence-corrected chi connectivity index (χ2v) is 6.23. The third kappa shape index (κ3) is 2.84. The standard InChI is InChI=1S/C16H20N6O2/c1-10(2)11-8-15(22-14(19-11)5-6-18-22)17-9-13-20-16(24-21-13)12-4-3-7-23-12/h5-6,8,10,12,17H,3-4,7,9H2,1-2H3. The zero-order valence-electron chi connectivity index (χ0n) is 13.8. The highest BCUT2D eigenvalue weighted by Gasteiger charge is 2.23. The maximum absolute atomic E-state index is 5.57. The average Bonchev–Trinajstić information content (AvgIpc) is 3.31. The minimum absolute atomic E-state index is 0.0578. The molecule has 1 aliphatic rings. The number of fused-ring (bicyclic) bond motifs is 1. The van der Waals surface area contributed by atoms with Gasteiger partial charge in [-0.15, -0.1) is 0 Å². The molecule has 0 radical (unpaired) electrons. The fourth-order valence-electron chi connectivity index (χ4n) is 2.77. The number of aromatic nitrogens is 5. The van der Waals surface area contributed by atoms with Crippen LogP contribution in [0.2, 0.25) is 0 Å². The van der Waals surface area contributed by atoms with Crippen LogP contribution in [0.4, 0.5) is 5.82 Å². The number of nitrogens with zero attached hydrogens (tertiary/aromatic N) is 5. The summed E-state index contributed by atoms with van der Waals surface area (Å²) in [5.41, 5.74) is 1.83. The van der Waals surface area contributed by atoms with Crippen molar-refractivity contribution >= 4 is 11.5 Å². The molecule has 4 heterocycles. The maximum Gasteiger partial charge on any atom is 0.255 e. The fourth-order valence-corrected chi connectivity index (χ4v) is 2.77. The highest BCUT2D eigenvalue weighted by Crippen LogP contribution is 2.27. The summed E-state index contributed by atoms with van der Waals surface area (Å²) in [6, 6.07) is 3.90. The molecule has 8 nitrogen and oxygen atoms in total. The second kappa shape index (κ2) is 6.20. The molecule has 1 unspecified atom stereocenters. The fraction of sp³-hybridized carbons (Fsp3) is 0.500. The molecule has 0 aromatic carbocycles. The van der Waals surface area contributed by atoms with Gasteiger partial charge in [0, 0.05) is 24.4 Å². The van der Waals surface area contributed by atoms with Crippen LogP contribution in [0.15, 0.2) is 22.9 Å². The van der Waals surface area contributed by atoms with Gasteiger partial charge in [0.15, 0.2) is 11.5 Å². The number of nitrogens with one attached hydrogen (secondary N) is 1. The number of hydrogen-bond donors (Lipinski definition) is 1. The van der Waals surface area contributed by atoms with Crippen LogP contribution in [-0.4, -0.2) is 31.3 Å². The van der Waals surface area contributed by atoms with E-state index in [4.69, 9.17) is 9.26 Å². The van der Waals surface area contributed by atoms with Crippen molar-refractivity contribution in [1.29, 1.82) is 0 Å². The van der Waals surface area contributed by atoms with E-state index >= 15 is 0 Å². The molecule has 3 aromatic rings. The van der Waals surface area contributed by atoms with Crippen molar-refractivity contribution in [1.82, 2.24) is 24.7 Å². The summed E-state index contributed by atoms with van der Waals surface area (Å²) in [7, 11) is 0. The highest BCUT2D eigenvalue weighted by atomic mass is 16.5. The Morgan fingerprint density at radius 1 is 1.38 bits per heavy atom. The Bertz CT molecular complexity index is 834. The first-order valence-electron chi connectivity index (χ1n) is 8.23. The van der Waals surface area contributed by atoms with E-state index in [1.807, 2.05) is 12.1 Å². The Morgan fingerprint density at radius 3 is 3.08 bits per heavy atom. The first-order chi connectivity index (χ1) is 11.7. The van der Waals surface area contributed by atoms with Gasteiger partial charge in [0.1, 0.15) is 11.9 Å². The lowest BCUT2D eigenvalue weighted by atomic mass is 10.1. The van der Waals surface area contributed by atoms with E-state index in [9.17, 15) is 0 Å². The zero-order valence-corrected chi connectivity index (χ0v) is 13.8. The average molecular weight is 328 g/mol. The minimum atomic E-state index is -0.0578. The van der Waals surface area contributed by atoms with E-state index in [-0.39, 0.29) is 6.10 Å². The van der Waals surface area contributed by atoms with Crippen LogP contribution in [0.25, 0.3) is 5.65 Å². The molecule has 24 heavy (non-hydrogen) atoms. The van der Waals surface area contributed by atoms with Crippen LogP contribution < -0.4 is 5.32 Å². The van der Waals surface area contributed by atoms with Gasteiger partial charge in [-0.3, -0.25) is 0 Å². The Balaban J connectivity index is 1.53. The van der Waals surface area contributed by atoms with Gasteiger partial charge in [0.25, 0.3) is 5.89 Å². The molecule has 1 N–H and O–H groups in total. The van der Waals surface area contributed by atoms with Gasteiger partial charge < -0.3 is 14.6 Å². The topological polar surface area (TPSA) is 90.4 Å². The highest BCUT2D eigenvalue weighted by molar-refractivity contribution is 5.49. The third-order valence-corrected chi connectivity index (χ3v) is 4.09. The predicted molar refractivity (Wildman–Crippen MR) is 86.6 cm³/mol. The van der Waals surface area contributed by atoms with Crippen LogP contribution >= 0.6 is 0 Å². The van der Waals surface area contributed by atoms with E-state index in [1.54, 1.807) is 10.7 Å². The minimum Gasteiger partial charge on any atom is -0.368 e. The molecule has 3 aromatic heterocycles. The van der Waals surface area contributed by atoms with E-state index in [1.165, 1.54) is 0 Å². The Kier molecular flexibility index (Phi) is 3.89. The molecule has 1 atom stereocenters. The smallest absolute Gasteiger partial charge is 0.255 e. The number of anilines is 1.